The predicted octanol–water partition coefficient (Wildman–Crippen LogP) is 1.58. The molecule has 3 N–H and O–H groups in total. The summed E-state index contributed by atoms with van der Waals surface area (Å²) in [6, 6.07) is 3.67. The van der Waals surface area contributed by atoms with E-state index in [2.05, 4.69) is 9.44 Å². The number of benzene rings is 1. The first-order valence-corrected chi connectivity index (χ1v) is 7.30. The fourth-order valence-corrected chi connectivity index (χ4v) is 2.30. The van der Waals surface area contributed by atoms with Gasteiger partial charge in [0.15, 0.2) is 0 Å². The van der Waals surface area contributed by atoms with Crippen LogP contribution in [0.25, 0.3) is 6.08 Å². The van der Waals surface area contributed by atoms with Gasteiger partial charge in [0, 0.05) is 12.6 Å². The van der Waals surface area contributed by atoms with Crippen LogP contribution < -0.4 is 9.44 Å². The van der Waals surface area contributed by atoms with Gasteiger partial charge in [0.1, 0.15) is 5.82 Å². The second-order valence-electron chi connectivity index (χ2n) is 3.91. The van der Waals surface area contributed by atoms with Crippen LogP contribution in [0.15, 0.2) is 24.3 Å². The van der Waals surface area contributed by atoms with Crippen molar-refractivity contribution < 1.29 is 22.7 Å². The van der Waals surface area contributed by atoms with Crippen molar-refractivity contribution in [3.8, 4) is 0 Å². The van der Waals surface area contributed by atoms with Crippen molar-refractivity contribution in [2.24, 2.45) is 0 Å². The molecule has 0 radical (unpaired) electrons. The largest absolute Gasteiger partial charge is 0.478 e. The Kier molecular flexibility index (Phi) is 5.66. The summed E-state index contributed by atoms with van der Waals surface area (Å²) in [6.07, 6.45) is 2.68. The molecule has 6 nitrogen and oxygen atoms in total. The zero-order chi connectivity index (χ0) is 15.2. The number of carboxylic acid groups (broad SMARTS) is 1. The number of anilines is 1. The van der Waals surface area contributed by atoms with Crippen LogP contribution in [0.3, 0.4) is 0 Å². The number of carboxylic acids is 1. The lowest BCUT2D eigenvalue weighted by Gasteiger charge is -2.09. The Morgan fingerprint density at radius 3 is 2.70 bits per heavy atom. The molecule has 1 rings (SSSR count). The number of rotatable bonds is 7. The molecule has 1 aromatic carbocycles. The highest BCUT2D eigenvalue weighted by molar-refractivity contribution is 7.90. The molecule has 0 saturated heterocycles. The average molecular weight is 302 g/mol. The first kappa shape index (κ1) is 16.1. The maximum atomic E-state index is 13.7. The summed E-state index contributed by atoms with van der Waals surface area (Å²) in [7, 11) is -3.81. The van der Waals surface area contributed by atoms with Gasteiger partial charge in [-0.05, 0) is 30.2 Å². The van der Waals surface area contributed by atoms with Crippen LogP contribution in [0, 0.1) is 5.82 Å². The highest BCUT2D eigenvalue weighted by Crippen LogP contribution is 2.17. The molecule has 20 heavy (non-hydrogen) atoms. The molecule has 8 heteroatoms. The molecule has 0 aromatic heterocycles. The molecule has 0 unspecified atom stereocenters. The van der Waals surface area contributed by atoms with Gasteiger partial charge in [0.2, 0.25) is 0 Å². The van der Waals surface area contributed by atoms with Crippen molar-refractivity contribution in [3.63, 3.8) is 0 Å². The maximum absolute atomic E-state index is 13.7. The van der Waals surface area contributed by atoms with E-state index in [1.165, 1.54) is 18.2 Å². The highest BCUT2D eigenvalue weighted by atomic mass is 32.2. The van der Waals surface area contributed by atoms with Crippen LogP contribution in [0.2, 0.25) is 0 Å². The van der Waals surface area contributed by atoms with Crippen molar-refractivity contribution in [2.75, 3.05) is 11.3 Å². The molecule has 0 aliphatic heterocycles. The van der Waals surface area contributed by atoms with E-state index in [0.29, 0.717) is 12.0 Å². The number of carbonyl (C=O) groups is 1. The zero-order valence-corrected chi connectivity index (χ0v) is 11.6. The maximum Gasteiger partial charge on any atom is 0.328 e. The molecule has 0 aliphatic rings. The SMILES string of the molecule is CCCNS(=O)(=O)Nc1ccc(/C=C/C(=O)O)cc1F. The molecule has 0 fully saturated rings. The minimum atomic E-state index is -3.81. The van der Waals surface area contributed by atoms with E-state index in [9.17, 15) is 17.6 Å². The van der Waals surface area contributed by atoms with Crippen molar-refractivity contribution in [2.45, 2.75) is 13.3 Å². The van der Waals surface area contributed by atoms with Crippen LogP contribution in [0.5, 0.6) is 0 Å². The molecule has 0 heterocycles. The number of halogens is 1. The lowest BCUT2D eigenvalue weighted by molar-refractivity contribution is -0.131. The van der Waals surface area contributed by atoms with E-state index in [-0.39, 0.29) is 12.2 Å². The van der Waals surface area contributed by atoms with Crippen LogP contribution in [-0.2, 0) is 15.0 Å². The van der Waals surface area contributed by atoms with Gasteiger partial charge in [0.25, 0.3) is 10.2 Å². The first-order valence-electron chi connectivity index (χ1n) is 5.82. The summed E-state index contributed by atoms with van der Waals surface area (Å²) in [4.78, 5) is 10.3. The smallest absolute Gasteiger partial charge is 0.328 e. The second-order valence-corrected chi connectivity index (χ2v) is 5.41. The molecule has 0 aliphatic carbocycles. The Labute approximate surface area is 116 Å². The number of nitrogens with one attached hydrogen (secondary N) is 2. The fraction of sp³-hybridized carbons (Fsp3) is 0.250. The van der Waals surface area contributed by atoms with Crippen LogP contribution in [-0.4, -0.2) is 26.0 Å². The molecule has 0 bridgehead atoms. The van der Waals surface area contributed by atoms with Crippen LogP contribution >= 0.6 is 0 Å². The molecule has 0 saturated carbocycles. The van der Waals surface area contributed by atoms with Gasteiger partial charge in [-0.2, -0.15) is 13.1 Å². The van der Waals surface area contributed by atoms with E-state index in [0.717, 1.165) is 12.1 Å². The highest BCUT2D eigenvalue weighted by Gasteiger charge is 2.11. The third-order valence-electron chi connectivity index (χ3n) is 2.20. The van der Waals surface area contributed by atoms with Gasteiger partial charge < -0.3 is 5.11 Å². The molecule has 1 aromatic rings. The Hall–Kier alpha value is -1.93. The molecular formula is C12H15FN2O4S. The van der Waals surface area contributed by atoms with E-state index in [4.69, 9.17) is 5.11 Å². The quantitative estimate of drug-likeness (QED) is 0.666. The van der Waals surface area contributed by atoms with Gasteiger partial charge in [-0.3, -0.25) is 4.72 Å². The van der Waals surface area contributed by atoms with Gasteiger partial charge in [-0.1, -0.05) is 13.0 Å². The number of hydrogen-bond donors (Lipinski definition) is 3. The lowest BCUT2D eigenvalue weighted by atomic mass is 10.2. The minimum Gasteiger partial charge on any atom is -0.478 e. The summed E-state index contributed by atoms with van der Waals surface area (Å²) in [5.41, 5.74) is 0.107. The van der Waals surface area contributed by atoms with E-state index < -0.39 is 22.0 Å². The zero-order valence-electron chi connectivity index (χ0n) is 10.8. The normalized spacial score (nSPS) is 11.7. The summed E-state index contributed by atoms with van der Waals surface area (Å²) in [6.45, 7) is 2.04. The van der Waals surface area contributed by atoms with Crippen molar-refractivity contribution in [1.82, 2.24) is 4.72 Å². The minimum absolute atomic E-state index is 0.207. The monoisotopic (exact) mass is 302 g/mol. The third-order valence-corrected chi connectivity index (χ3v) is 3.27. The molecular weight excluding hydrogens is 287 g/mol. The Morgan fingerprint density at radius 1 is 1.45 bits per heavy atom. The fourth-order valence-electron chi connectivity index (χ4n) is 1.30. The topological polar surface area (TPSA) is 95.5 Å². The Bertz CT molecular complexity index is 614. The van der Waals surface area contributed by atoms with Crippen LogP contribution in [0.1, 0.15) is 18.9 Å². The van der Waals surface area contributed by atoms with E-state index in [1.807, 2.05) is 0 Å². The summed E-state index contributed by atoms with van der Waals surface area (Å²) in [5, 5.41) is 8.45. The van der Waals surface area contributed by atoms with Crippen LogP contribution in [0.4, 0.5) is 10.1 Å². The van der Waals surface area contributed by atoms with Crippen molar-refractivity contribution >= 4 is 27.9 Å². The predicted molar refractivity (Wildman–Crippen MR) is 73.9 cm³/mol. The average Bonchev–Trinajstić information content (AvgIpc) is 2.37. The van der Waals surface area contributed by atoms with Gasteiger partial charge >= 0.3 is 5.97 Å². The number of aliphatic carboxylic acids is 1. The Morgan fingerprint density at radius 2 is 2.15 bits per heavy atom. The molecule has 0 spiro atoms. The lowest BCUT2D eigenvalue weighted by Crippen LogP contribution is -2.30. The number of hydrogen-bond acceptors (Lipinski definition) is 3. The molecule has 0 amide bonds. The molecule has 0 atom stereocenters. The van der Waals surface area contributed by atoms with Gasteiger partial charge in [-0.25, -0.2) is 9.18 Å². The standard InChI is InChI=1S/C12H15FN2O4S/c1-2-7-14-20(18,19)15-11-5-3-9(8-10(11)13)4-6-12(16)17/h3-6,8,14-15H,2,7H2,1H3,(H,16,17)/b6-4+. The van der Waals surface area contributed by atoms with E-state index in [1.54, 1.807) is 6.92 Å². The van der Waals surface area contributed by atoms with Crippen molar-refractivity contribution in [1.29, 1.82) is 0 Å². The Balaban J connectivity index is 2.86. The van der Waals surface area contributed by atoms with Gasteiger partial charge in [-0.15, -0.1) is 0 Å². The summed E-state index contributed by atoms with van der Waals surface area (Å²) >= 11 is 0. The summed E-state index contributed by atoms with van der Waals surface area (Å²) < 4.78 is 41.1. The second kappa shape index (κ2) is 7.01. The molecule has 110 valence electrons. The first-order chi connectivity index (χ1) is 9.34. The summed E-state index contributed by atoms with van der Waals surface area (Å²) in [5.74, 6) is -1.95. The third kappa shape index (κ3) is 5.37. The van der Waals surface area contributed by atoms with Crippen molar-refractivity contribution in [3.05, 3.63) is 35.7 Å². The van der Waals surface area contributed by atoms with Gasteiger partial charge in [0.05, 0.1) is 5.69 Å². The van der Waals surface area contributed by atoms with E-state index >= 15 is 0 Å².